The lowest BCUT2D eigenvalue weighted by molar-refractivity contribution is -0.383. The summed E-state index contributed by atoms with van der Waals surface area (Å²) in [6.07, 6.45) is 1.49. The van der Waals surface area contributed by atoms with Crippen LogP contribution >= 0.6 is 27.7 Å². The molecule has 0 saturated heterocycles. The molecule has 24 heavy (non-hydrogen) atoms. The first-order chi connectivity index (χ1) is 11.5. The molecule has 2 N–H and O–H groups in total. The monoisotopic (exact) mass is 417 g/mol. The predicted octanol–water partition coefficient (Wildman–Crippen LogP) is 2.95. The van der Waals surface area contributed by atoms with E-state index in [0.717, 1.165) is 6.42 Å². The minimum absolute atomic E-state index is 0.0540. The maximum absolute atomic E-state index is 12.0. The summed E-state index contributed by atoms with van der Waals surface area (Å²) >= 11 is 4.48. The number of hydrogen-bond acceptors (Lipinski definition) is 5. The van der Waals surface area contributed by atoms with E-state index >= 15 is 0 Å². The van der Waals surface area contributed by atoms with Crippen molar-refractivity contribution in [2.24, 2.45) is 0 Å². The number of carbonyl (C=O) groups excluding carboxylic acids is 2. The SMILES string of the molecule is CCCC(SCC(=O)Nc1ccccc1[N+](=O)[O-])C(=O)NCCBr. The number of carbonyl (C=O) groups is 2. The highest BCUT2D eigenvalue weighted by Gasteiger charge is 2.20. The Balaban J connectivity index is 2.60. The van der Waals surface area contributed by atoms with Crippen LogP contribution in [-0.4, -0.2) is 39.6 Å². The molecule has 0 aliphatic heterocycles. The molecule has 0 aliphatic carbocycles. The van der Waals surface area contributed by atoms with E-state index in [2.05, 4.69) is 26.6 Å². The second kappa shape index (κ2) is 11.0. The highest BCUT2D eigenvalue weighted by Crippen LogP contribution is 2.24. The van der Waals surface area contributed by atoms with E-state index in [1.165, 1.54) is 30.0 Å². The lowest BCUT2D eigenvalue weighted by Crippen LogP contribution is -2.34. The van der Waals surface area contributed by atoms with E-state index in [-0.39, 0.29) is 34.2 Å². The van der Waals surface area contributed by atoms with Crippen LogP contribution in [0.25, 0.3) is 0 Å². The molecule has 132 valence electrons. The van der Waals surface area contributed by atoms with Crippen molar-refractivity contribution in [3.05, 3.63) is 34.4 Å². The summed E-state index contributed by atoms with van der Waals surface area (Å²) in [7, 11) is 0. The maximum Gasteiger partial charge on any atom is 0.292 e. The molecule has 0 aliphatic rings. The number of hydrogen-bond donors (Lipinski definition) is 2. The first kappa shape index (κ1) is 20.4. The number of nitrogens with one attached hydrogen (secondary N) is 2. The normalized spacial score (nSPS) is 11.6. The second-order valence-electron chi connectivity index (χ2n) is 4.89. The Hall–Kier alpha value is -1.61. The van der Waals surface area contributed by atoms with Crippen LogP contribution in [0.5, 0.6) is 0 Å². The van der Waals surface area contributed by atoms with Crippen LogP contribution < -0.4 is 10.6 Å². The number of alkyl halides is 1. The van der Waals surface area contributed by atoms with Gasteiger partial charge in [0.25, 0.3) is 5.69 Å². The van der Waals surface area contributed by atoms with Crippen LogP contribution in [0.2, 0.25) is 0 Å². The van der Waals surface area contributed by atoms with E-state index < -0.39 is 4.92 Å². The molecule has 0 aromatic heterocycles. The van der Waals surface area contributed by atoms with Crippen molar-refractivity contribution in [2.75, 3.05) is 22.9 Å². The average Bonchev–Trinajstić information content (AvgIpc) is 2.56. The summed E-state index contributed by atoms with van der Waals surface area (Å²) < 4.78 is 0. The molecule has 9 heteroatoms. The first-order valence-corrected chi connectivity index (χ1v) is 9.65. The van der Waals surface area contributed by atoms with Crippen LogP contribution in [0.15, 0.2) is 24.3 Å². The van der Waals surface area contributed by atoms with Crippen LogP contribution in [0.4, 0.5) is 11.4 Å². The molecular formula is C15H20BrN3O4S. The molecule has 1 rings (SSSR count). The Morgan fingerprint density at radius 3 is 2.71 bits per heavy atom. The van der Waals surface area contributed by atoms with Crippen molar-refractivity contribution < 1.29 is 14.5 Å². The van der Waals surface area contributed by atoms with Crippen molar-refractivity contribution >= 4 is 50.9 Å². The molecular weight excluding hydrogens is 398 g/mol. The lowest BCUT2D eigenvalue weighted by atomic mass is 10.2. The number of benzene rings is 1. The number of halogens is 1. The second-order valence-corrected chi connectivity index (χ2v) is 6.87. The topological polar surface area (TPSA) is 101 Å². The highest BCUT2D eigenvalue weighted by atomic mass is 79.9. The number of rotatable bonds is 10. The van der Waals surface area contributed by atoms with Crippen molar-refractivity contribution in [1.82, 2.24) is 5.32 Å². The van der Waals surface area contributed by atoms with Gasteiger partial charge in [-0.15, -0.1) is 11.8 Å². The van der Waals surface area contributed by atoms with Gasteiger partial charge in [-0.2, -0.15) is 0 Å². The molecule has 0 fully saturated rings. The summed E-state index contributed by atoms with van der Waals surface area (Å²) in [5, 5.41) is 16.6. The smallest absolute Gasteiger partial charge is 0.292 e. The number of anilines is 1. The third kappa shape index (κ3) is 6.88. The van der Waals surface area contributed by atoms with E-state index in [9.17, 15) is 19.7 Å². The Kier molecular flexibility index (Phi) is 9.39. The zero-order valence-corrected chi connectivity index (χ0v) is 15.7. The number of para-hydroxylation sites is 2. The molecule has 1 aromatic carbocycles. The molecule has 0 heterocycles. The van der Waals surface area contributed by atoms with Crippen molar-refractivity contribution in [3.63, 3.8) is 0 Å². The van der Waals surface area contributed by atoms with Gasteiger partial charge in [-0.3, -0.25) is 19.7 Å². The fourth-order valence-corrected chi connectivity index (χ4v) is 3.20. The predicted molar refractivity (Wildman–Crippen MR) is 99.7 cm³/mol. The largest absolute Gasteiger partial charge is 0.354 e. The zero-order valence-electron chi connectivity index (χ0n) is 13.3. The van der Waals surface area contributed by atoms with Crippen molar-refractivity contribution in [3.8, 4) is 0 Å². The van der Waals surface area contributed by atoms with Gasteiger partial charge in [0.05, 0.1) is 15.9 Å². The fraction of sp³-hybridized carbons (Fsp3) is 0.467. The minimum atomic E-state index is -0.545. The van der Waals surface area contributed by atoms with Crippen molar-refractivity contribution in [2.45, 2.75) is 25.0 Å². The fourth-order valence-electron chi connectivity index (χ4n) is 1.94. The van der Waals surface area contributed by atoms with Gasteiger partial charge in [-0.1, -0.05) is 41.4 Å². The molecule has 0 spiro atoms. The average molecular weight is 418 g/mol. The molecule has 7 nitrogen and oxygen atoms in total. The number of nitrogens with zero attached hydrogens (tertiary/aromatic N) is 1. The van der Waals surface area contributed by atoms with E-state index in [1.807, 2.05) is 6.92 Å². The lowest BCUT2D eigenvalue weighted by Gasteiger charge is -2.15. The van der Waals surface area contributed by atoms with Gasteiger partial charge in [0, 0.05) is 17.9 Å². The molecule has 0 radical (unpaired) electrons. The van der Waals surface area contributed by atoms with Gasteiger partial charge in [0.1, 0.15) is 5.69 Å². The minimum Gasteiger partial charge on any atom is -0.354 e. The van der Waals surface area contributed by atoms with E-state index in [4.69, 9.17) is 0 Å². The third-order valence-electron chi connectivity index (χ3n) is 3.03. The number of nitro groups is 1. The number of nitro benzene ring substituents is 1. The Labute approximate surface area is 153 Å². The van der Waals surface area contributed by atoms with Gasteiger partial charge in [-0.05, 0) is 12.5 Å². The quantitative estimate of drug-likeness (QED) is 0.346. The summed E-state index contributed by atoms with van der Waals surface area (Å²) in [4.78, 5) is 34.5. The van der Waals surface area contributed by atoms with Gasteiger partial charge in [0.15, 0.2) is 0 Å². The molecule has 0 saturated carbocycles. The summed E-state index contributed by atoms with van der Waals surface area (Å²) in [6, 6.07) is 5.96. The van der Waals surface area contributed by atoms with Crippen molar-refractivity contribution in [1.29, 1.82) is 0 Å². The van der Waals surface area contributed by atoms with Gasteiger partial charge in [-0.25, -0.2) is 0 Å². The highest BCUT2D eigenvalue weighted by molar-refractivity contribution is 9.09. The van der Waals surface area contributed by atoms with Crippen LogP contribution in [0.1, 0.15) is 19.8 Å². The van der Waals surface area contributed by atoms with E-state index in [0.29, 0.717) is 18.3 Å². The number of amides is 2. The van der Waals surface area contributed by atoms with Gasteiger partial charge >= 0.3 is 0 Å². The standard InChI is InChI=1S/C15H20BrN3O4S/c1-2-5-13(15(21)17-9-8-16)24-10-14(20)18-11-6-3-4-7-12(11)19(22)23/h3-4,6-7,13H,2,5,8-10H2,1H3,(H,17,21)(H,18,20). The maximum atomic E-state index is 12.0. The van der Waals surface area contributed by atoms with E-state index in [1.54, 1.807) is 6.07 Å². The molecule has 1 atom stereocenters. The Morgan fingerprint density at radius 1 is 1.38 bits per heavy atom. The van der Waals surface area contributed by atoms with Crippen LogP contribution in [0.3, 0.4) is 0 Å². The number of thioether (sulfide) groups is 1. The molecule has 1 aromatic rings. The molecule has 1 unspecified atom stereocenters. The van der Waals surface area contributed by atoms with Crippen LogP contribution in [-0.2, 0) is 9.59 Å². The van der Waals surface area contributed by atoms with Crippen LogP contribution in [0, 0.1) is 10.1 Å². The van der Waals surface area contributed by atoms with Gasteiger partial charge in [0.2, 0.25) is 11.8 Å². The van der Waals surface area contributed by atoms with Gasteiger partial charge < -0.3 is 10.6 Å². The Bertz CT molecular complexity index is 586. The Morgan fingerprint density at radius 2 is 2.08 bits per heavy atom. The molecule has 2 amide bonds. The third-order valence-corrected chi connectivity index (χ3v) is 4.70. The summed E-state index contributed by atoms with van der Waals surface area (Å²) in [5.74, 6) is -0.415. The summed E-state index contributed by atoms with van der Waals surface area (Å²) in [6.45, 7) is 2.50. The molecule has 0 bridgehead atoms. The summed E-state index contributed by atoms with van der Waals surface area (Å²) in [5.41, 5.74) is -0.0000890. The first-order valence-electron chi connectivity index (χ1n) is 7.48. The zero-order chi connectivity index (χ0) is 17.9.